The minimum atomic E-state index is -1.07. The molecule has 0 saturated carbocycles. The molecule has 0 aliphatic heterocycles. The van der Waals surface area contributed by atoms with Crippen LogP contribution in [0.1, 0.15) is 33.8 Å². The molecule has 0 bridgehead atoms. The molecular formula is C15H16N2O3S. The van der Waals surface area contributed by atoms with E-state index < -0.39 is 12.0 Å². The van der Waals surface area contributed by atoms with Crippen LogP contribution in [0.5, 0.6) is 0 Å². The fourth-order valence-corrected chi connectivity index (χ4v) is 2.70. The molecule has 0 radical (unpaired) electrons. The molecule has 1 aromatic carbocycles. The second-order valence-electron chi connectivity index (χ2n) is 4.64. The lowest BCUT2D eigenvalue weighted by molar-refractivity contribution is 0.0698. The van der Waals surface area contributed by atoms with E-state index in [1.165, 1.54) is 6.07 Å². The fourth-order valence-electron chi connectivity index (χ4n) is 1.97. The molecule has 0 aliphatic rings. The largest absolute Gasteiger partial charge is 0.478 e. The first-order valence-corrected chi connectivity index (χ1v) is 7.31. The van der Waals surface area contributed by atoms with Crippen LogP contribution in [-0.2, 0) is 0 Å². The highest BCUT2D eigenvalue weighted by molar-refractivity contribution is 7.10. The Bertz CT molecular complexity index is 653. The van der Waals surface area contributed by atoms with Crippen LogP contribution < -0.4 is 10.6 Å². The molecule has 2 rings (SSSR count). The number of benzene rings is 1. The summed E-state index contributed by atoms with van der Waals surface area (Å²) in [5.41, 5.74) is 1.10. The highest BCUT2D eigenvalue weighted by Crippen LogP contribution is 2.22. The van der Waals surface area contributed by atoms with Crippen LogP contribution in [-0.4, -0.2) is 17.1 Å². The molecule has 3 N–H and O–H groups in total. The summed E-state index contributed by atoms with van der Waals surface area (Å²) in [7, 11) is 0. The van der Waals surface area contributed by atoms with Crippen LogP contribution in [0, 0.1) is 6.92 Å². The second-order valence-corrected chi connectivity index (χ2v) is 5.62. The molecule has 0 spiro atoms. The molecule has 2 amide bonds. The van der Waals surface area contributed by atoms with Crippen molar-refractivity contribution in [2.45, 2.75) is 19.9 Å². The Labute approximate surface area is 126 Å². The van der Waals surface area contributed by atoms with Gasteiger partial charge in [-0.3, -0.25) is 0 Å². The summed E-state index contributed by atoms with van der Waals surface area (Å²) in [6, 6.07) is 8.16. The van der Waals surface area contributed by atoms with Gasteiger partial charge in [0.2, 0.25) is 0 Å². The summed E-state index contributed by atoms with van der Waals surface area (Å²) in [5.74, 6) is -1.07. The van der Waals surface area contributed by atoms with Gasteiger partial charge in [-0.25, -0.2) is 9.59 Å². The van der Waals surface area contributed by atoms with Crippen molar-refractivity contribution in [3.63, 3.8) is 0 Å². The lowest BCUT2D eigenvalue weighted by atomic mass is 10.1. The third-order valence-corrected chi connectivity index (χ3v) is 4.11. The predicted molar refractivity (Wildman–Crippen MR) is 83.0 cm³/mol. The minimum absolute atomic E-state index is 0.0777. The first-order chi connectivity index (χ1) is 9.99. The zero-order chi connectivity index (χ0) is 15.4. The topological polar surface area (TPSA) is 78.4 Å². The smallest absolute Gasteiger partial charge is 0.337 e. The summed E-state index contributed by atoms with van der Waals surface area (Å²) in [5, 5.41) is 16.5. The summed E-state index contributed by atoms with van der Waals surface area (Å²) < 4.78 is 0. The number of urea groups is 1. The van der Waals surface area contributed by atoms with Crippen LogP contribution >= 0.6 is 11.3 Å². The van der Waals surface area contributed by atoms with Gasteiger partial charge in [0.05, 0.1) is 17.3 Å². The normalized spacial score (nSPS) is 11.7. The Kier molecular flexibility index (Phi) is 4.59. The van der Waals surface area contributed by atoms with Crippen molar-refractivity contribution in [3.05, 3.63) is 51.7 Å². The number of hydrogen-bond acceptors (Lipinski definition) is 3. The number of carboxylic acids is 1. The van der Waals surface area contributed by atoms with E-state index in [2.05, 4.69) is 10.6 Å². The van der Waals surface area contributed by atoms with Crippen molar-refractivity contribution in [2.24, 2.45) is 0 Å². The number of anilines is 1. The molecule has 1 unspecified atom stereocenters. The first-order valence-electron chi connectivity index (χ1n) is 6.43. The number of nitrogens with one attached hydrogen (secondary N) is 2. The molecule has 0 aliphatic carbocycles. The van der Waals surface area contributed by atoms with E-state index in [4.69, 9.17) is 5.11 Å². The van der Waals surface area contributed by atoms with Crippen molar-refractivity contribution in [1.82, 2.24) is 5.32 Å². The van der Waals surface area contributed by atoms with Gasteiger partial charge in [-0.1, -0.05) is 18.2 Å². The number of amides is 2. The van der Waals surface area contributed by atoms with E-state index in [9.17, 15) is 9.59 Å². The molecule has 1 aromatic heterocycles. The van der Waals surface area contributed by atoms with Gasteiger partial charge in [0.1, 0.15) is 0 Å². The number of carbonyl (C=O) groups is 2. The third kappa shape index (κ3) is 3.61. The quantitative estimate of drug-likeness (QED) is 0.807. The number of thiophene rings is 1. The number of para-hydroxylation sites is 1. The van der Waals surface area contributed by atoms with Crippen LogP contribution in [0.2, 0.25) is 0 Å². The second kappa shape index (κ2) is 6.41. The number of carboxylic acid groups (broad SMARTS) is 1. The lowest BCUT2D eigenvalue weighted by Gasteiger charge is -2.15. The van der Waals surface area contributed by atoms with Crippen molar-refractivity contribution in [2.75, 3.05) is 5.32 Å². The van der Waals surface area contributed by atoms with Crippen LogP contribution in [0.4, 0.5) is 10.5 Å². The molecular weight excluding hydrogens is 288 g/mol. The average Bonchev–Trinajstić information content (AvgIpc) is 2.94. The highest BCUT2D eigenvalue weighted by atomic mass is 32.1. The Morgan fingerprint density at radius 2 is 2.00 bits per heavy atom. The van der Waals surface area contributed by atoms with Gasteiger partial charge in [-0.05, 0) is 36.9 Å². The SMILES string of the molecule is Cc1cccc(C(=O)O)c1NC(=O)NC(C)c1cccs1. The number of aromatic carboxylic acids is 1. The van der Waals surface area contributed by atoms with E-state index >= 15 is 0 Å². The maximum atomic E-state index is 12.0. The lowest BCUT2D eigenvalue weighted by Crippen LogP contribution is -2.31. The van der Waals surface area contributed by atoms with Crippen LogP contribution in [0.25, 0.3) is 0 Å². The maximum Gasteiger partial charge on any atom is 0.337 e. The van der Waals surface area contributed by atoms with Gasteiger partial charge in [0, 0.05) is 4.88 Å². The molecule has 6 heteroatoms. The van der Waals surface area contributed by atoms with Gasteiger partial charge in [-0.2, -0.15) is 0 Å². The zero-order valence-corrected chi connectivity index (χ0v) is 12.5. The fraction of sp³-hybridized carbons (Fsp3) is 0.200. The Balaban J connectivity index is 2.11. The highest BCUT2D eigenvalue weighted by Gasteiger charge is 2.16. The van der Waals surface area contributed by atoms with Gasteiger partial charge in [0.25, 0.3) is 0 Å². The van der Waals surface area contributed by atoms with Gasteiger partial charge in [0.15, 0.2) is 0 Å². The molecule has 21 heavy (non-hydrogen) atoms. The van der Waals surface area contributed by atoms with E-state index in [1.54, 1.807) is 30.4 Å². The average molecular weight is 304 g/mol. The van der Waals surface area contributed by atoms with Crippen molar-refractivity contribution >= 4 is 29.0 Å². The molecule has 0 saturated heterocycles. The Morgan fingerprint density at radius 1 is 1.24 bits per heavy atom. The van der Waals surface area contributed by atoms with E-state index in [0.29, 0.717) is 11.3 Å². The molecule has 110 valence electrons. The zero-order valence-electron chi connectivity index (χ0n) is 11.7. The third-order valence-electron chi connectivity index (χ3n) is 3.06. The van der Waals surface area contributed by atoms with Gasteiger partial charge < -0.3 is 15.7 Å². The Hall–Kier alpha value is -2.34. The summed E-state index contributed by atoms with van der Waals surface area (Å²) in [6.45, 7) is 3.63. The van der Waals surface area contributed by atoms with Crippen LogP contribution in [0.15, 0.2) is 35.7 Å². The van der Waals surface area contributed by atoms with Crippen molar-refractivity contribution in [3.8, 4) is 0 Å². The van der Waals surface area contributed by atoms with Gasteiger partial charge in [-0.15, -0.1) is 11.3 Å². The maximum absolute atomic E-state index is 12.0. The first kappa shape index (κ1) is 15.1. The minimum Gasteiger partial charge on any atom is -0.478 e. The summed E-state index contributed by atoms with van der Waals surface area (Å²) in [4.78, 5) is 24.3. The monoisotopic (exact) mass is 304 g/mol. The van der Waals surface area contributed by atoms with Crippen molar-refractivity contribution in [1.29, 1.82) is 0 Å². The standard InChI is InChI=1S/C15H16N2O3S/c1-9-5-3-6-11(14(18)19)13(9)17-15(20)16-10(2)12-7-4-8-21-12/h3-8,10H,1-2H3,(H,18,19)(H2,16,17,20). The van der Waals surface area contributed by atoms with E-state index in [1.807, 2.05) is 24.4 Å². The molecule has 0 fully saturated rings. The Morgan fingerprint density at radius 3 is 2.62 bits per heavy atom. The summed E-state index contributed by atoms with van der Waals surface area (Å²) in [6.07, 6.45) is 0. The van der Waals surface area contributed by atoms with Gasteiger partial charge >= 0.3 is 12.0 Å². The predicted octanol–water partition coefficient (Wildman–Crippen LogP) is 3.64. The van der Waals surface area contributed by atoms with E-state index in [-0.39, 0.29) is 11.6 Å². The van der Waals surface area contributed by atoms with Crippen molar-refractivity contribution < 1.29 is 14.7 Å². The summed E-state index contributed by atoms with van der Waals surface area (Å²) >= 11 is 1.55. The van der Waals surface area contributed by atoms with E-state index in [0.717, 1.165) is 4.88 Å². The molecule has 1 heterocycles. The molecule has 1 atom stereocenters. The molecule has 5 nitrogen and oxygen atoms in total. The number of rotatable bonds is 4. The number of hydrogen-bond donors (Lipinski definition) is 3. The molecule has 2 aromatic rings. The van der Waals surface area contributed by atoms with Crippen LogP contribution in [0.3, 0.4) is 0 Å². The number of aryl methyl sites for hydroxylation is 1. The number of carbonyl (C=O) groups excluding carboxylic acids is 1.